The molecule has 0 radical (unpaired) electrons. The Morgan fingerprint density at radius 1 is 1.29 bits per heavy atom. The quantitative estimate of drug-likeness (QED) is 0.586. The van der Waals surface area contributed by atoms with Gasteiger partial charge in [0.05, 0.1) is 18.8 Å². The van der Waals surface area contributed by atoms with Gasteiger partial charge in [-0.25, -0.2) is 9.37 Å². The lowest BCUT2D eigenvalue weighted by Gasteiger charge is -2.15. The van der Waals surface area contributed by atoms with Gasteiger partial charge in [-0.05, 0) is 42.3 Å². The van der Waals surface area contributed by atoms with Gasteiger partial charge in [-0.3, -0.25) is 14.0 Å². The molecule has 1 atom stereocenters. The molecule has 0 aliphatic rings. The van der Waals surface area contributed by atoms with E-state index in [9.17, 15) is 19.1 Å². The molecule has 0 aliphatic carbocycles. The number of nitrogens with one attached hydrogen (secondary N) is 1. The molecule has 3 rings (SSSR count). The van der Waals surface area contributed by atoms with Gasteiger partial charge < -0.3 is 10.4 Å². The fourth-order valence-corrected chi connectivity index (χ4v) is 3.08. The van der Waals surface area contributed by atoms with Gasteiger partial charge in [0.2, 0.25) is 0 Å². The summed E-state index contributed by atoms with van der Waals surface area (Å²) in [4.78, 5) is 29.2. The van der Waals surface area contributed by atoms with E-state index >= 15 is 0 Å². The Morgan fingerprint density at radius 2 is 2.11 bits per heavy atom. The van der Waals surface area contributed by atoms with Crippen LogP contribution in [-0.2, 0) is 6.42 Å². The highest BCUT2D eigenvalue weighted by Gasteiger charge is 2.18. The number of Topliss-reactive ketones (excluding diaryl/α,β-unsaturated/α-hetero) is 1. The summed E-state index contributed by atoms with van der Waals surface area (Å²) < 4.78 is 15.9. The van der Waals surface area contributed by atoms with Crippen LogP contribution in [0.1, 0.15) is 46.2 Å². The smallest absolute Gasteiger partial charge is 0.251 e. The highest BCUT2D eigenvalue weighted by molar-refractivity contribution is 5.98. The number of ketones is 1. The third kappa shape index (κ3) is 4.26. The molecule has 0 saturated carbocycles. The van der Waals surface area contributed by atoms with E-state index in [0.29, 0.717) is 17.8 Å². The maximum Gasteiger partial charge on any atom is 0.251 e. The van der Waals surface area contributed by atoms with Crippen molar-refractivity contribution in [1.29, 1.82) is 0 Å². The Balaban J connectivity index is 1.79. The zero-order chi connectivity index (χ0) is 20.1. The minimum absolute atomic E-state index is 0.138. The first-order valence-electron chi connectivity index (χ1n) is 9.19. The average molecular weight is 383 g/mol. The van der Waals surface area contributed by atoms with Crippen LogP contribution in [0.15, 0.2) is 48.8 Å². The number of aliphatic hydroxyl groups is 1. The Labute approximate surface area is 162 Å². The van der Waals surface area contributed by atoms with Gasteiger partial charge in [-0.15, -0.1) is 0 Å². The number of halogens is 1. The van der Waals surface area contributed by atoms with Gasteiger partial charge in [-0.1, -0.05) is 19.4 Å². The summed E-state index contributed by atoms with van der Waals surface area (Å²) in [6, 6.07) is 8.95. The molecule has 2 heterocycles. The lowest BCUT2D eigenvalue weighted by molar-refractivity contribution is 0.0911. The predicted molar refractivity (Wildman–Crippen MR) is 103 cm³/mol. The summed E-state index contributed by atoms with van der Waals surface area (Å²) in [5.41, 5.74) is 1.37. The average Bonchev–Trinajstić information content (AvgIpc) is 3.13. The van der Waals surface area contributed by atoms with Gasteiger partial charge in [0.1, 0.15) is 17.2 Å². The summed E-state index contributed by atoms with van der Waals surface area (Å²) in [6.07, 6.45) is 4.45. The van der Waals surface area contributed by atoms with E-state index in [-0.39, 0.29) is 36.0 Å². The van der Waals surface area contributed by atoms with Crippen LogP contribution < -0.4 is 5.32 Å². The highest BCUT2D eigenvalue weighted by Crippen LogP contribution is 2.16. The van der Waals surface area contributed by atoms with Crippen LogP contribution in [0.25, 0.3) is 5.65 Å². The van der Waals surface area contributed by atoms with Gasteiger partial charge >= 0.3 is 0 Å². The lowest BCUT2D eigenvalue weighted by atomic mass is 10.0. The first-order chi connectivity index (χ1) is 13.5. The molecule has 2 aromatic heterocycles. The first kappa shape index (κ1) is 19.7. The fourth-order valence-electron chi connectivity index (χ4n) is 3.08. The molecule has 0 spiro atoms. The monoisotopic (exact) mass is 383 g/mol. The number of aliphatic hydroxyl groups excluding tert-OH is 1. The zero-order valence-corrected chi connectivity index (χ0v) is 15.6. The molecular weight excluding hydrogens is 361 g/mol. The van der Waals surface area contributed by atoms with Gasteiger partial charge in [0, 0.05) is 18.2 Å². The van der Waals surface area contributed by atoms with E-state index in [2.05, 4.69) is 10.3 Å². The van der Waals surface area contributed by atoms with Crippen molar-refractivity contribution < 1.29 is 19.1 Å². The molecule has 7 heteroatoms. The van der Waals surface area contributed by atoms with E-state index < -0.39 is 11.7 Å². The second-order valence-corrected chi connectivity index (χ2v) is 6.62. The summed E-state index contributed by atoms with van der Waals surface area (Å²) >= 11 is 0. The summed E-state index contributed by atoms with van der Waals surface area (Å²) in [5, 5.41) is 12.1. The third-order valence-corrected chi connectivity index (χ3v) is 4.55. The van der Waals surface area contributed by atoms with Crippen molar-refractivity contribution >= 4 is 17.3 Å². The number of carbonyl (C=O) groups is 2. The number of pyridine rings is 1. The van der Waals surface area contributed by atoms with Gasteiger partial charge in [0.25, 0.3) is 5.91 Å². The second-order valence-electron chi connectivity index (χ2n) is 6.62. The highest BCUT2D eigenvalue weighted by atomic mass is 19.1. The molecular formula is C21H22FN3O3. The van der Waals surface area contributed by atoms with Crippen molar-refractivity contribution in [3.8, 4) is 0 Å². The largest absolute Gasteiger partial charge is 0.394 e. The molecule has 3 aromatic rings. The minimum atomic E-state index is -0.550. The molecule has 0 fully saturated rings. The van der Waals surface area contributed by atoms with Gasteiger partial charge in [0.15, 0.2) is 5.78 Å². The molecule has 28 heavy (non-hydrogen) atoms. The molecule has 2 N–H and O–H groups in total. The molecule has 6 nitrogen and oxygen atoms in total. The van der Waals surface area contributed by atoms with Crippen LogP contribution in [0.2, 0.25) is 0 Å². The normalized spacial score (nSPS) is 12.1. The van der Waals surface area contributed by atoms with Crippen molar-refractivity contribution in [2.75, 3.05) is 6.61 Å². The number of rotatable bonds is 8. The number of fused-ring (bicyclic) bond motifs is 1. The van der Waals surface area contributed by atoms with Crippen LogP contribution in [-0.4, -0.2) is 38.8 Å². The second kappa shape index (κ2) is 8.75. The summed E-state index contributed by atoms with van der Waals surface area (Å²) in [5.74, 6) is -1.25. The van der Waals surface area contributed by atoms with E-state index in [4.69, 9.17) is 0 Å². The zero-order valence-electron chi connectivity index (χ0n) is 15.6. The minimum Gasteiger partial charge on any atom is -0.394 e. The van der Waals surface area contributed by atoms with Crippen molar-refractivity contribution in [2.24, 2.45) is 0 Å². The Hall–Kier alpha value is -3.06. The standard InChI is InChI=1S/C21H22FN3O3/c1-2-5-16(13-26)24-21(28)14-7-8-17(22)15(10-14)11-19(27)18-12-23-20-6-3-4-9-25(18)20/h3-4,6-10,12,16,26H,2,5,11,13H2,1H3,(H,24,28)/t16-/m0/s1. The number of amides is 1. The molecule has 0 aliphatic heterocycles. The number of carbonyl (C=O) groups excluding carboxylic acids is 2. The lowest BCUT2D eigenvalue weighted by Crippen LogP contribution is -2.37. The summed E-state index contributed by atoms with van der Waals surface area (Å²) in [6.45, 7) is 1.79. The number of hydrogen-bond donors (Lipinski definition) is 2. The SMILES string of the molecule is CCC[C@@H](CO)NC(=O)c1ccc(F)c(CC(=O)c2cnc3ccccn23)c1. The third-order valence-electron chi connectivity index (χ3n) is 4.55. The van der Waals surface area contributed by atoms with E-state index in [1.807, 2.05) is 13.0 Å². The topological polar surface area (TPSA) is 83.7 Å². The molecule has 0 bridgehead atoms. The van der Waals surface area contributed by atoms with E-state index in [0.717, 1.165) is 6.42 Å². The molecule has 0 saturated heterocycles. The molecule has 0 unspecified atom stereocenters. The van der Waals surface area contributed by atoms with Crippen molar-refractivity contribution in [3.63, 3.8) is 0 Å². The van der Waals surface area contributed by atoms with Crippen LogP contribution >= 0.6 is 0 Å². The number of benzene rings is 1. The first-order valence-corrected chi connectivity index (χ1v) is 9.19. The Bertz CT molecular complexity index is 999. The van der Waals surface area contributed by atoms with Crippen LogP contribution in [0, 0.1) is 5.82 Å². The molecule has 1 aromatic carbocycles. The van der Waals surface area contributed by atoms with Crippen molar-refractivity contribution in [1.82, 2.24) is 14.7 Å². The molecule has 146 valence electrons. The number of hydrogen-bond acceptors (Lipinski definition) is 4. The maximum absolute atomic E-state index is 14.3. The number of nitrogens with zero attached hydrogens (tertiary/aromatic N) is 2. The summed E-state index contributed by atoms with van der Waals surface area (Å²) in [7, 11) is 0. The van der Waals surface area contributed by atoms with E-state index in [1.165, 1.54) is 24.4 Å². The van der Waals surface area contributed by atoms with Crippen LogP contribution in [0.3, 0.4) is 0 Å². The van der Waals surface area contributed by atoms with Crippen LogP contribution in [0.5, 0.6) is 0 Å². The number of aromatic nitrogens is 2. The van der Waals surface area contributed by atoms with Crippen LogP contribution in [0.4, 0.5) is 4.39 Å². The van der Waals surface area contributed by atoms with Crippen molar-refractivity contribution in [3.05, 3.63) is 71.4 Å². The van der Waals surface area contributed by atoms with Gasteiger partial charge in [-0.2, -0.15) is 0 Å². The maximum atomic E-state index is 14.3. The number of imidazole rings is 1. The van der Waals surface area contributed by atoms with Crippen molar-refractivity contribution in [2.45, 2.75) is 32.2 Å². The predicted octanol–water partition coefficient (Wildman–Crippen LogP) is 2.79. The molecule has 1 amide bonds. The van der Waals surface area contributed by atoms with E-state index in [1.54, 1.807) is 22.7 Å². The fraction of sp³-hybridized carbons (Fsp3) is 0.286. The Morgan fingerprint density at radius 3 is 2.86 bits per heavy atom. The Kier molecular flexibility index (Phi) is 6.16.